The fourth-order valence-corrected chi connectivity index (χ4v) is 5.16. The summed E-state index contributed by atoms with van der Waals surface area (Å²) in [5, 5.41) is 0. The number of ether oxygens (including phenoxy) is 2. The molecule has 174 valence electrons. The molecule has 2 aliphatic rings. The molecule has 0 spiro atoms. The van der Waals surface area contributed by atoms with Gasteiger partial charge < -0.3 is 20.2 Å². The second-order valence-electron chi connectivity index (χ2n) is 9.31. The van der Waals surface area contributed by atoms with Crippen LogP contribution in [0.25, 0.3) is 6.08 Å². The van der Waals surface area contributed by atoms with Crippen LogP contribution in [0.2, 0.25) is 0 Å². The summed E-state index contributed by atoms with van der Waals surface area (Å²) in [7, 11) is 0. The Balaban J connectivity index is 1.87. The number of nitrogens with zero attached hydrogens (tertiary/aromatic N) is 1. The average molecular weight is 442 g/mol. The number of allylic oxidation sites excluding steroid dienone is 1. The van der Waals surface area contributed by atoms with Crippen molar-refractivity contribution in [3.63, 3.8) is 0 Å². The third-order valence-corrected chi connectivity index (χ3v) is 6.61. The van der Waals surface area contributed by atoms with E-state index in [2.05, 4.69) is 30.7 Å². The minimum absolute atomic E-state index is 0.125. The van der Waals surface area contributed by atoms with E-state index in [9.17, 15) is 9.59 Å². The second kappa shape index (κ2) is 9.35. The van der Waals surface area contributed by atoms with E-state index >= 15 is 0 Å². The van der Waals surface area contributed by atoms with Gasteiger partial charge in [-0.3, -0.25) is 0 Å². The van der Waals surface area contributed by atoms with E-state index < -0.39 is 5.97 Å². The van der Waals surface area contributed by atoms with Gasteiger partial charge in [-0.05, 0) is 75.5 Å². The molecule has 0 saturated heterocycles. The highest BCUT2D eigenvalue weighted by molar-refractivity contribution is 6.21. The molecule has 1 aromatic heterocycles. The summed E-state index contributed by atoms with van der Waals surface area (Å²) in [4.78, 5) is 33.0. The summed E-state index contributed by atoms with van der Waals surface area (Å²) in [6.07, 6.45) is 3.77. The Bertz CT molecular complexity index is 1000. The van der Waals surface area contributed by atoms with Crippen LogP contribution in [0.4, 0.5) is 0 Å². The predicted molar refractivity (Wildman–Crippen MR) is 125 cm³/mol. The number of esters is 2. The molecular weight excluding hydrogens is 406 g/mol. The Hall–Kier alpha value is -2.83. The highest BCUT2D eigenvalue weighted by atomic mass is 16.5. The zero-order chi connectivity index (χ0) is 23.7. The lowest BCUT2D eigenvalue weighted by molar-refractivity contribution is -0.152. The summed E-state index contributed by atoms with van der Waals surface area (Å²) in [6.45, 7) is 14.1. The van der Waals surface area contributed by atoms with Gasteiger partial charge >= 0.3 is 11.9 Å². The van der Waals surface area contributed by atoms with Crippen LogP contribution in [0.5, 0.6) is 0 Å². The smallest absolute Gasteiger partial charge is 0.342 e. The van der Waals surface area contributed by atoms with E-state index in [0.29, 0.717) is 46.8 Å². The number of H-pyrrole nitrogens is 1. The minimum atomic E-state index is -0.419. The first kappa shape index (κ1) is 23.8. The average Bonchev–Trinajstić information content (AvgIpc) is 3.13. The molecular formula is C25H35N3O4. The van der Waals surface area contributed by atoms with Gasteiger partial charge in [0.25, 0.3) is 0 Å². The van der Waals surface area contributed by atoms with Gasteiger partial charge in [0, 0.05) is 11.4 Å². The quantitative estimate of drug-likeness (QED) is 0.657. The van der Waals surface area contributed by atoms with Crippen molar-refractivity contribution in [2.24, 2.45) is 28.5 Å². The van der Waals surface area contributed by atoms with Crippen LogP contribution in [-0.2, 0) is 14.3 Å². The van der Waals surface area contributed by atoms with Crippen molar-refractivity contribution < 1.29 is 19.1 Å². The summed E-state index contributed by atoms with van der Waals surface area (Å²) in [5.74, 6) is 0.625. The van der Waals surface area contributed by atoms with Gasteiger partial charge in [-0.2, -0.15) is 0 Å². The molecule has 0 amide bonds. The van der Waals surface area contributed by atoms with Gasteiger partial charge in [0.1, 0.15) is 17.5 Å². The zero-order valence-corrected chi connectivity index (χ0v) is 20.2. The van der Waals surface area contributed by atoms with Crippen molar-refractivity contribution in [2.45, 2.75) is 67.4 Å². The second-order valence-corrected chi connectivity index (χ2v) is 9.31. The largest absolute Gasteiger partial charge is 0.462 e. The van der Waals surface area contributed by atoms with E-state index in [1.165, 1.54) is 0 Å². The van der Waals surface area contributed by atoms with Crippen molar-refractivity contribution in [3.8, 4) is 0 Å². The SMILES string of the molecule is CCOC(=O)c1c(C)[nH]c(C=C2N=C(N)C(C(=O)OC3C(C)CC(C)CC3C)=C2C)c1C. The van der Waals surface area contributed by atoms with Crippen molar-refractivity contribution in [1.29, 1.82) is 0 Å². The summed E-state index contributed by atoms with van der Waals surface area (Å²) in [5.41, 5.74) is 10.4. The van der Waals surface area contributed by atoms with Gasteiger partial charge in [0.05, 0.1) is 17.9 Å². The fraction of sp³-hybridized carbons (Fsp3) is 0.560. The molecule has 0 radical (unpaired) electrons. The number of aromatic amines is 1. The molecule has 3 N–H and O–H groups in total. The molecule has 1 aliphatic heterocycles. The topological polar surface area (TPSA) is 107 Å². The number of rotatable bonds is 5. The minimum Gasteiger partial charge on any atom is -0.462 e. The van der Waals surface area contributed by atoms with Crippen LogP contribution < -0.4 is 5.73 Å². The predicted octanol–water partition coefficient (Wildman–Crippen LogP) is 4.45. The molecule has 2 heterocycles. The maximum atomic E-state index is 13.1. The highest BCUT2D eigenvalue weighted by Gasteiger charge is 2.36. The lowest BCUT2D eigenvalue weighted by Gasteiger charge is -2.37. The Morgan fingerprint density at radius 3 is 2.34 bits per heavy atom. The van der Waals surface area contributed by atoms with Crippen molar-refractivity contribution in [2.75, 3.05) is 6.61 Å². The number of aliphatic imine (C=N–C) groups is 1. The number of hydrogen-bond acceptors (Lipinski definition) is 6. The van der Waals surface area contributed by atoms with Gasteiger partial charge in [0.2, 0.25) is 0 Å². The zero-order valence-electron chi connectivity index (χ0n) is 20.2. The molecule has 32 heavy (non-hydrogen) atoms. The molecule has 1 saturated carbocycles. The van der Waals surface area contributed by atoms with Crippen LogP contribution in [0.15, 0.2) is 21.8 Å². The van der Waals surface area contributed by atoms with E-state index in [1.807, 2.05) is 20.8 Å². The number of nitrogens with two attached hydrogens (primary N) is 1. The summed E-state index contributed by atoms with van der Waals surface area (Å²) < 4.78 is 11.1. The van der Waals surface area contributed by atoms with Crippen molar-refractivity contribution in [1.82, 2.24) is 4.98 Å². The molecule has 3 rings (SSSR count). The third-order valence-electron chi connectivity index (χ3n) is 6.61. The number of carbonyl (C=O) groups excluding carboxylic acids is 2. The Kier molecular flexibility index (Phi) is 6.96. The van der Waals surface area contributed by atoms with Crippen LogP contribution in [0.1, 0.15) is 74.8 Å². The summed E-state index contributed by atoms with van der Waals surface area (Å²) in [6, 6.07) is 0. The first-order chi connectivity index (χ1) is 15.0. The van der Waals surface area contributed by atoms with E-state index in [0.717, 1.165) is 29.8 Å². The van der Waals surface area contributed by atoms with Crippen LogP contribution >= 0.6 is 0 Å². The first-order valence-electron chi connectivity index (χ1n) is 11.4. The third kappa shape index (κ3) is 4.52. The Morgan fingerprint density at radius 1 is 1.12 bits per heavy atom. The van der Waals surface area contributed by atoms with Gasteiger partial charge in [-0.25, -0.2) is 14.6 Å². The number of hydrogen-bond donors (Lipinski definition) is 2. The molecule has 1 aromatic rings. The molecule has 7 heteroatoms. The van der Waals surface area contributed by atoms with Gasteiger partial charge in [-0.1, -0.05) is 20.8 Å². The normalized spacial score (nSPS) is 27.0. The molecule has 0 aromatic carbocycles. The van der Waals surface area contributed by atoms with Gasteiger partial charge in [0.15, 0.2) is 0 Å². The number of nitrogens with one attached hydrogen (secondary N) is 1. The summed E-state index contributed by atoms with van der Waals surface area (Å²) >= 11 is 0. The monoisotopic (exact) mass is 441 g/mol. The molecule has 7 nitrogen and oxygen atoms in total. The molecule has 2 unspecified atom stereocenters. The van der Waals surface area contributed by atoms with Crippen molar-refractivity contribution in [3.05, 3.63) is 39.4 Å². The fourth-order valence-electron chi connectivity index (χ4n) is 5.16. The number of carbonyl (C=O) groups is 2. The highest BCUT2D eigenvalue weighted by Crippen LogP contribution is 2.36. The van der Waals surface area contributed by atoms with Crippen LogP contribution in [0, 0.1) is 31.6 Å². The molecule has 1 aliphatic carbocycles. The van der Waals surface area contributed by atoms with Crippen LogP contribution in [0.3, 0.4) is 0 Å². The lowest BCUT2D eigenvalue weighted by Crippen LogP contribution is -2.38. The molecule has 0 bridgehead atoms. The number of aryl methyl sites for hydroxylation is 1. The lowest BCUT2D eigenvalue weighted by atomic mass is 9.75. The maximum Gasteiger partial charge on any atom is 0.342 e. The van der Waals surface area contributed by atoms with E-state index in [1.54, 1.807) is 13.0 Å². The number of amidine groups is 1. The van der Waals surface area contributed by atoms with E-state index in [-0.39, 0.29) is 17.9 Å². The Labute approximate surface area is 190 Å². The van der Waals surface area contributed by atoms with Crippen LogP contribution in [-0.4, -0.2) is 35.5 Å². The standard InChI is InChI=1S/C25H35N3O4/c1-8-31-24(29)20-15(5)18(27-17(20)7)11-19-16(6)21(23(26)28-19)25(30)32-22-13(3)9-12(2)10-14(22)4/h11-14,22,27H,8-10H2,1-7H3,(H2,26,28). The first-order valence-corrected chi connectivity index (χ1v) is 11.4. The van der Waals surface area contributed by atoms with E-state index in [4.69, 9.17) is 15.2 Å². The number of aromatic nitrogens is 1. The van der Waals surface area contributed by atoms with Crippen molar-refractivity contribution >= 4 is 23.9 Å². The van der Waals surface area contributed by atoms with Gasteiger partial charge in [-0.15, -0.1) is 0 Å². The Morgan fingerprint density at radius 2 is 1.75 bits per heavy atom. The molecule has 2 atom stereocenters. The molecule has 1 fully saturated rings. The maximum absolute atomic E-state index is 13.1.